The van der Waals surface area contributed by atoms with E-state index in [1.54, 1.807) is 0 Å². The number of benzene rings is 1. The van der Waals surface area contributed by atoms with Crippen LogP contribution in [0.3, 0.4) is 0 Å². The van der Waals surface area contributed by atoms with Crippen molar-refractivity contribution in [3.63, 3.8) is 0 Å². The third kappa shape index (κ3) is 3.58. The summed E-state index contributed by atoms with van der Waals surface area (Å²) in [6.07, 6.45) is 3.90. The first-order valence-corrected chi connectivity index (χ1v) is 10.5. The molecule has 0 aliphatic heterocycles. The molecule has 0 N–H and O–H groups in total. The average molecular weight is 387 g/mol. The zero-order valence-corrected chi connectivity index (χ0v) is 18.1. The van der Waals surface area contributed by atoms with E-state index < -0.39 is 0 Å². The molecule has 28 heavy (non-hydrogen) atoms. The van der Waals surface area contributed by atoms with Crippen molar-refractivity contribution in [2.24, 2.45) is 11.3 Å². The molecule has 1 aromatic rings. The van der Waals surface area contributed by atoms with E-state index in [-0.39, 0.29) is 34.8 Å². The van der Waals surface area contributed by atoms with Crippen molar-refractivity contribution in [2.45, 2.75) is 84.2 Å². The van der Waals surface area contributed by atoms with Crippen molar-refractivity contribution in [3.8, 4) is 0 Å². The van der Waals surface area contributed by atoms with Crippen LogP contribution in [-0.4, -0.2) is 25.2 Å². The fourth-order valence-electron chi connectivity index (χ4n) is 6.06. The number of methoxy groups -OCH3 is 1. The molecule has 0 aromatic heterocycles. The molecule has 0 saturated heterocycles. The van der Waals surface area contributed by atoms with Crippen molar-refractivity contribution < 1.29 is 19.1 Å². The van der Waals surface area contributed by atoms with Crippen LogP contribution in [0.1, 0.15) is 82.9 Å². The molecule has 1 aromatic carbocycles. The molecule has 4 nitrogen and oxygen atoms in total. The molecule has 1 unspecified atom stereocenters. The van der Waals surface area contributed by atoms with E-state index in [0.29, 0.717) is 18.8 Å². The highest BCUT2D eigenvalue weighted by atomic mass is 16.5. The molecule has 0 heterocycles. The summed E-state index contributed by atoms with van der Waals surface area (Å²) in [7, 11) is 1.45. The molecular weight excluding hydrogens is 352 g/mol. The number of fused-ring (bicyclic) bond motifs is 3. The number of hydrogen-bond acceptors (Lipinski definition) is 4. The zero-order valence-electron chi connectivity index (χ0n) is 18.1. The molecule has 0 radical (unpaired) electrons. The highest BCUT2D eigenvalue weighted by molar-refractivity contribution is 5.70. The van der Waals surface area contributed by atoms with Crippen LogP contribution in [0.2, 0.25) is 0 Å². The predicted molar refractivity (Wildman–Crippen MR) is 109 cm³/mol. The summed E-state index contributed by atoms with van der Waals surface area (Å²) in [6, 6.07) is 6.82. The summed E-state index contributed by atoms with van der Waals surface area (Å²) in [5.74, 6) is 0.115. The Morgan fingerprint density at radius 2 is 1.93 bits per heavy atom. The molecule has 4 heteroatoms. The van der Waals surface area contributed by atoms with Gasteiger partial charge in [-0.3, -0.25) is 9.59 Å². The van der Waals surface area contributed by atoms with Crippen molar-refractivity contribution >= 4 is 11.9 Å². The van der Waals surface area contributed by atoms with Gasteiger partial charge in [0.25, 0.3) is 0 Å². The summed E-state index contributed by atoms with van der Waals surface area (Å²) in [5, 5.41) is 0. The van der Waals surface area contributed by atoms with Gasteiger partial charge in [0.1, 0.15) is 6.10 Å². The monoisotopic (exact) mass is 386 g/mol. The van der Waals surface area contributed by atoms with Gasteiger partial charge in [-0.15, -0.1) is 0 Å². The Morgan fingerprint density at radius 1 is 1.21 bits per heavy atom. The standard InChI is InChI=1S/C24H34O4/c1-15(2)17-8-9-19-18(12-17)13-20(28-16(3)25)22-23(4,14-21(26)27-6)10-7-11-24(19,22)5/h8-9,12,15,20,22H,7,10-11,13-14H2,1-6H3/t20-,22?,23+,24+/m0/s1. The smallest absolute Gasteiger partial charge is 0.306 e. The number of rotatable bonds is 4. The molecule has 0 spiro atoms. The van der Waals surface area contributed by atoms with Gasteiger partial charge < -0.3 is 9.47 Å². The Bertz CT molecular complexity index is 768. The lowest BCUT2D eigenvalue weighted by molar-refractivity contribution is -0.162. The Hall–Kier alpha value is -1.84. The summed E-state index contributed by atoms with van der Waals surface area (Å²) in [6.45, 7) is 10.4. The summed E-state index contributed by atoms with van der Waals surface area (Å²) < 4.78 is 10.9. The number of esters is 2. The lowest BCUT2D eigenvalue weighted by Crippen LogP contribution is -2.57. The van der Waals surface area contributed by atoms with Gasteiger partial charge in [0.15, 0.2) is 0 Å². The van der Waals surface area contributed by atoms with Gasteiger partial charge in [-0.1, -0.05) is 52.3 Å². The van der Waals surface area contributed by atoms with Crippen LogP contribution < -0.4 is 0 Å². The van der Waals surface area contributed by atoms with Gasteiger partial charge in [-0.25, -0.2) is 0 Å². The Morgan fingerprint density at radius 3 is 2.54 bits per heavy atom. The number of ether oxygens (including phenoxy) is 2. The minimum atomic E-state index is -0.255. The van der Waals surface area contributed by atoms with Crippen LogP contribution in [-0.2, 0) is 30.9 Å². The van der Waals surface area contributed by atoms with Crippen LogP contribution in [0.15, 0.2) is 18.2 Å². The maximum absolute atomic E-state index is 12.2. The maximum Gasteiger partial charge on any atom is 0.306 e. The number of carbonyl (C=O) groups is 2. The molecule has 1 fully saturated rings. The van der Waals surface area contributed by atoms with Crippen LogP contribution >= 0.6 is 0 Å². The van der Waals surface area contributed by atoms with Gasteiger partial charge in [-0.2, -0.15) is 0 Å². The van der Waals surface area contributed by atoms with Gasteiger partial charge >= 0.3 is 11.9 Å². The fourth-order valence-corrected chi connectivity index (χ4v) is 6.06. The highest BCUT2D eigenvalue weighted by Crippen LogP contribution is 2.59. The van der Waals surface area contributed by atoms with E-state index in [1.807, 2.05) is 0 Å². The van der Waals surface area contributed by atoms with Crippen molar-refractivity contribution in [1.82, 2.24) is 0 Å². The molecule has 4 atom stereocenters. The quantitative estimate of drug-likeness (QED) is 0.689. The minimum Gasteiger partial charge on any atom is -0.469 e. The second kappa shape index (κ2) is 7.53. The van der Waals surface area contributed by atoms with Crippen LogP contribution in [0.5, 0.6) is 0 Å². The second-order valence-electron chi connectivity index (χ2n) is 9.58. The van der Waals surface area contributed by atoms with Gasteiger partial charge in [-0.05, 0) is 46.3 Å². The van der Waals surface area contributed by atoms with Crippen LogP contribution in [0.25, 0.3) is 0 Å². The van der Waals surface area contributed by atoms with Crippen LogP contribution in [0.4, 0.5) is 0 Å². The normalized spacial score (nSPS) is 31.7. The Labute approximate surface area is 169 Å². The van der Waals surface area contributed by atoms with E-state index in [0.717, 1.165) is 19.3 Å². The first-order chi connectivity index (χ1) is 13.1. The fraction of sp³-hybridized carbons (Fsp3) is 0.667. The van der Waals surface area contributed by atoms with Crippen molar-refractivity contribution in [3.05, 3.63) is 34.9 Å². The minimum absolute atomic E-state index is 0.0918. The topological polar surface area (TPSA) is 52.6 Å². The number of hydrogen-bond donors (Lipinski definition) is 0. The van der Waals surface area contributed by atoms with E-state index >= 15 is 0 Å². The van der Waals surface area contributed by atoms with Gasteiger partial charge in [0.2, 0.25) is 0 Å². The molecule has 154 valence electrons. The summed E-state index contributed by atoms with van der Waals surface area (Å²) in [5.41, 5.74) is 3.59. The van der Waals surface area contributed by atoms with Crippen molar-refractivity contribution in [2.75, 3.05) is 7.11 Å². The third-order valence-corrected chi connectivity index (χ3v) is 7.18. The Kier molecular flexibility index (Phi) is 5.62. The first-order valence-electron chi connectivity index (χ1n) is 10.5. The molecule has 0 amide bonds. The van der Waals surface area contributed by atoms with Gasteiger partial charge in [0.05, 0.1) is 13.5 Å². The van der Waals surface area contributed by atoms with E-state index in [2.05, 4.69) is 45.9 Å². The summed E-state index contributed by atoms with van der Waals surface area (Å²) >= 11 is 0. The van der Waals surface area contributed by atoms with E-state index in [9.17, 15) is 9.59 Å². The second-order valence-corrected chi connectivity index (χ2v) is 9.58. The van der Waals surface area contributed by atoms with E-state index in [4.69, 9.17) is 9.47 Å². The lowest BCUT2D eigenvalue weighted by Gasteiger charge is -2.57. The third-order valence-electron chi connectivity index (χ3n) is 7.18. The Balaban J connectivity index is 2.12. The molecule has 0 bridgehead atoms. The molecule has 3 rings (SSSR count). The SMILES string of the molecule is COC(=O)C[C@@]1(C)CCC[C@]2(C)c3ccc(C(C)C)cc3C[C@H](OC(C)=O)C12. The predicted octanol–water partition coefficient (Wildman–Crippen LogP) is 4.93. The van der Waals surface area contributed by atoms with Crippen LogP contribution in [0, 0.1) is 11.3 Å². The summed E-state index contributed by atoms with van der Waals surface area (Å²) in [4.78, 5) is 24.2. The maximum atomic E-state index is 12.2. The molecule has 2 aliphatic rings. The molecule has 2 aliphatic carbocycles. The van der Waals surface area contributed by atoms with E-state index in [1.165, 1.54) is 30.7 Å². The van der Waals surface area contributed by atoms with Gasteiger partial charge in [0, 0.05) is 19.3 Å². The first kappa shape index (κ1) is 20.9. The molecular formula is C24H34O4. The highest BCUT2D eigenvalue weighted by Gasteiger charge is 2.57. The molecule has 1 saturated carbocycles. The lowest BCUT2D eigenvalue weighted by atomic mass is 9.48. The average Bonchev–Trinajstić information content (AvgIpc) is 2.60. The largest absolute Gasteiger partial charge is 0.469 e. The van der Waals surface area contributed by atoms with Crippen molar-refractivity contribution in [1.29, 1.82) is 0 Å². The zero-order chi connectivity index (χ0) is 20.7. The number of carbonyl (C=O) groups excluding carboxylic acids is 2.